The van der Waals surface area contributed by atoms with Crippen LogP contribution in [0, 0.1) is 0 Å². The number of halogens is 1. The molecule has 2 aromatic rings. The SMILES string of the molecule is CNC(=O)CCc1ccc(NC(=O)c2ccc(OC)c(Br)c2)cc1. The molecule has 0 atom stereocenters. The van der Waals surface area contributed by atoms with Gasteiger partial charge in [-0.1, -0.05) is 12.1 Å². The van der Waals surface area contributed by atoms with E-state index in [1.165, 1.54) is 0 Å². The molecule has 5 nitrogen and oxygen atoms in total. The molecule has 0 aliphatic heterocycles. The number of rotatable bonds is 6. The van der Waals surface area contributed by atoms with Crippen LogP contribution in [0.25, 0.3) is 0 Å². The van der Waals surface area contributed by atoms with Gasteiger partial charge in [0.15, 0.2) is 0 Å². The molecule has 0 saturated heterocycles. The quantitative estimate of drug-likeness (QED) is 0.794. The summed E-state index contributed by atoms with van der Waals surface area (Å²) in [5, 5.41) is 5.44. The third-order valence-corrected chi connectivity index (χ3v) is 4.17. The number of carbonyl (C=O) groups is 2. The summed E-state index contributed by atoms with van der Waals surface area (Å²) in [6, 6.07) is 12.6. The summed E-state index contributed by atoms with van der Waals surface area (Å²) in [6.07, 6.45) is 1.11. The van der Waals surface area contributed by atoms with Gasteiger partial charge in [-0.3, -0.25) is 9.59 Å². The topological polar surface area (TPSA) is 67.4 Å². The fourth-order valence-electron chi connectivity index (χ4n) is 2.15. The van der Waals surface area contributed by atoms with Crippen molar-refractivity contribution < 1.29 is 14.3 Å². The molecule has 0 spiro atoms. The highest BCUT2D eigenvalue weighted by Crippen LogP contribution is 2.26. The molecule has 6 heteroatoms. The fourth-order valence-corrected chi connectivity index (χ4v) is 2.69. The lowest BCUT2D eigenvalue weighted by Gasteiger charge is -2.08. The van der Waals surface area contributed by atoms with Gasteiger partial charge in [-0.2, -0.15) is 0 Å². The normalized spacial score (nSPS) is 10.1. The number of amides is 2. The van der Waals surface area contributed by atoms with Crippen LogP contribution < -0.4 is 15.4 Å². The van der Waals surface area contributed by atoms with Crippen molar-refractivity contribution in [1.82, 2.24) is 5.32 Å². The molecule has 0 aromatic heterocycles. The Hall–Kier alpha value is -2.34. The third kappa shape index (κ3) is 4.83. The van der Waals surface area contributed by atoms with Crippen molar-refractivity contribution in [3.63, 3.8) is 0 Å². The zero-order valence-corrected chi connectivity index (χ0v) is 15.1. The molecule has 24 heavy (non-hydrogen) atoms. The van der Waals surface area contributed by atoms with Crippen molar-refractivity contribution in [2.45, 2.75) is 12.8 Å². The maximum absolute atomic E-state index is 12.3. The van der Waals surface area contributed by atoms with Gasteiger partial charge in [0.1, 0.15) is 5.75 Å². The van der Waals surface area contributed by atoms with E-state index in [2.05, 4.69) is 26.6 Å². The van der Waals surface area contributed by atoms with E-state index >= 15 is 0 Å². The Balaban J connectivity index is 1.99. The number of nitrogens with one attached hydrogen (secondary N) is 2. The number of ether oxygens (including phenoxy) is 1. The lowest BCUT2D eigenvalue weighted by atomic mass is 10.1. The first kappa shape index (κ1) is 18.0. The molecule has 2 N–H and O–H groups in total. The highest BCUT2D eigenvalue weighted by atomic mass is 79.9. The van der Waals surface area contributed by atoms with Crippen molar-refractivity contribution >= 4 is 33.4 Å². The Bertz CT molecular complexity index is 730. The molecule has 0 aliphatic carbocycles. The maximum Gasteiger partial charge on any atom is 0.255 e. The van der Waals surface area contributed by atoms with Crippen LogP contribution in [-0.2, 0) is 11.2 Å². The van der Waals surface area contributed by atoms with Gasteiger partial charge in [0.25, 0.3) is 5.91 Å². The second kappa shape index (κ2) is 8.49. The molecular formula is C18H19BrN2O3. The number of aryl methyl sites for hydroxylation is 1. The zero-order valence-electron chi connectivity index (χ0n) is 13.6. The molecule has 2 aromatic carbocycles. The molecule has 2 rings (SSSR count). The van der Waals surface area contributed by atoms with E-state index in [4.69, 9.17) is 4.74 Å². The van der Waals surface area contributed by atoms with Crippen molar-refractivity contribution in [3.8, 4) is 5.75 Å². The summed E-state index contributed by atoms with van der Waals surface area (Å²) in [5.41, 5.74) is 2.28. The van der Waals surface area contributed by atoms with Gasteiger partial charge in [0.05, 0.1) is 11.6 Å². The van der Waals surface area contributed by atoms with E-state index in [1.54, 1.807) is 32.4 Å². The van der Waals surface area contributed by atoms with Gasteiger partial charge < -0.3 is 15.4 Å². The molecule has 0 fully saturated rings. The molecule has 0 heterocycles. The minimum Gasteiger partial charge on any atom is -0.496 e. The van der Waals surface area contributed by atoms with Gasteiger partial charge >= 0.3 is 0 Å². The average molecular weight is 391 g/mol. The van der Waals surface area contributed by atoms with E-state index in [0.717, 1.165) is 10.0 Å². The first-order valence-electron chi connectivity index (χ1n) is 7.48. The Morgan fingerprint density at radius 1 is 1.12 bits per heavy atom. The van der Waals surface area contributed by atoms with Gasteiger partial charge in [0, 0.05) is 24.7 Å². The molecule has 0 saturated carbocycles. The van der Waals surface area contributed by atoms with Crippen LogP contribution in [0.1, 0.15) is 22.3 Å². The predicted molar refractivity (Wildman–Crippen MR) is 97.5 cm³/mol. The minimum absolute atomic E-state index is 0.0115. The van der Waals surface area contributed by atoms with Crippen LogP contribution in [-0.4, -0.2) is 26.0 Å². The predicted octanol–water partition coefficient (Wildman–Crippen LogP) is 3.39. The molecule has 0 bridgehead atoms. The van der Waals surface area contributed by atoms with Crippen molar-refractivity contribution in [3.05, 3.63) is 58.1 Å². The van der Waals surface area contributed by atoms with Crippen molar-refractivity contribution in [2.24, 2.45) is 0 Å². The number of anilines is 1. The molecule has 2 amide bonds. The van der Waals surface area contributed by atoms with E-state index in [9.17, 15) is 9.59 Å². The second-order valence-electron chi connectivity index (χ2n) is 5.17. The lowest BCUT2D eigenvalue weighted by molar-refractivity contribution is -0.120. The van der Waals surface area contributed by atoms with Crippen molar-refractivity contribution in [2.75, 3.05) is 19.5 Å². The Morgan fingerprint density at radius 2 is 1.83 bits per heavy atom. The largest absolute Gasteiger partial charge is 0.496 e. The van der Waals surface area contributed by atoms with Crippen LogP contribution in [0.3, 0.4) is 0 Å². The summed E-state index contributed by atoms with van der Waals surface area (Å²) < 4.78 is 5.88. The summed E-state index contributed by atoms with van der Waals surface area (Å²) in [4.78, 5) is 23.5. The van der Waals surface area contributed by atoms with Gasteiger partial charge in [0.2, 0.25) is 5.91 Å². The number of carbonyl (C=O) groups excluding carboxylic acids is 2. The highest BCUT2D eigenvalue weighted by Gasteiger charge is 2.09. The minimum atomic E-state index is -0.198. The van der Waals surface area contributed by atoms with Crippen LogP contribution in [0.15, 0.2) is 46.9 Å². The fraction of sp³-hybridized carbons (Fsp3) is 0.222. The van der Waals surface area contributed by atoms with Gasteiger partial charge in [-0.15, -0.1) is 0 Å². The van der Waals surface area contributed by atoms with Crippen LogP contribution in [0.4, 0.5) is 5.69 Å². The number of hydrogen-bond acceptors (Lipinski definition) is 3. The molecule has 126 valence electrons. The third-order valence-electron chi connectivity index (χ3n) is 3.55. The number of hydrogen-bond donors (Lipinski definition) is 2. The Kier molecular flexibility index (Phi) is 6.37. The average Bonchev–Trinajstić information content (AvgIpc) is 2.60. The lowest BCUT2D eigenvalue weighted by Crippen LogP contribution is -2.17. The maximum atomic E-state index is 12.3. The zero-order chi connectivity index (χ0) is 17.5. The standard InChI is InChI=1S/C18H19BrN2O3/c1-20-17(22)10-5-12-3-7-14(8-4-12)21-18(23)13-6-9-16(24-2)15(19)11-13/h3-4,6-9,11H,5,10H2,1-2H3,(H,20,22)(H,21,23). The van der Waals surface area contributed by atoms with Gasteiger partial charge in [-0.25, -0.2) is 0 Å². The monoisotopic (exact) mass is 390 g/mol. The van der Waals surface area contributed by atoms with Gasteiger partial charge in [-0.05, 0) is 58.2 Å². The molecule has 0 aliphatic rings. The van der Waals surface area contributed by atoms with E-state index in [-0.39, 0.29) is 11.8 Å². The molecular weight excluding hydrogens is 372 g/mol. The first-order chi connectivity index (χ1) is 11.5. The van der Waals surface area contributed by atoms with E-state index < -0.39 is 0 Å². The smallest absolute Gasteiger partial charge is 0.255 e. The molecule has 0 unspecified atom stereocenters. The first-order valence-corrected chi connectivity index (χ1v) is 8.27. The number of methoxy groups -OCH3 is 1. The summed E-state index contributed by atoms with van der Waals surface area (Å²) in [7, 11) is 3.20. The second-order valence-corrected chi connectivity index (χ2v) is 6.03. The summed E-state index contributed by atoms with van der Waals surface area (Å²) >= 11 is 3.37. The number of benzene rings is 2. The van der Waals surface area contributed by atoms with Crippen molar-refractivity contribution in [1.29, 1.82) is 0 Å². The van der Waals surface area contributed by atoms with E-state index in [1.807, 2.05) is 24.3 Å². The van der Waals surface area contributed by atoms with Crippen LogP contribution in [0.5, 0.6) is 5.75 Å². The Labute approximate surface area is 149 Å². The van der Waals surface area contributed by atoms with Crippen LogP contribution >= 0.6 is 15.9 Å². The highest BCUT2D eigenvalue weighted by molar-refractivity contribution is 9.10. The van der Waals surface area contributed by atoms with Crippen LogP contribution in [0.2, 0.25) is 0 Å². The van der Waals surface area contributed by atoms with E-state index in [0.29, 0.717) is 29.8 Å². The Morgan fingerprint density at radius 3 is 2.42 bits per heavy atom. The summed E-state index contributed by atoms with van der Waals surface area (Å²) in [6.45, 7) is 0. The molecule has 0 radical (unpaired) electrons. The summed E-state index contributed by atoms with van der Waals surface area (Å²) in [5.74, 6) is 0.487.